The van der Waals surface area contributed by atoms with Gasteiger partial charge in [0.25, 0.3) is 0 Å². The van der Waals surface area contributed by atoms with E-state index in [9.17, 15) is 4.79 Å². The summed E-state index contributed by atoms with van der Waals surface area (Å²) in [5.41, 5.74) is 4.43. The first-order valence-electron chi connectivity index (χ1n) is 10.6. The summed E-state index contributed by atoms with van der Waals surface area (Å²) in [6, 6.07) is 18.4. The van der Waals surface area contributed by atoms with Crippen LogP contribution in [0.1, 0.15) is 30.4 Å². The van der Waals surface area contributed by atoms with Crippen LogP contribution in [0.25, 0.3) is 5.69 Å². The molecule has 1 aromatic heterocycles. The van der Waals surface area contributed by atoms with E-state index in [1.165, 1.54) is 24.9 Å². The number of nitrogens with one attached hydrogen (secondary N) is 1. The fourth-order valence-electron chi connectivity index (χ4n) is 3.85. The molecule has 0 spiro atoms. The number of aromatic nitrogens is 2. The molecule has 0 aliphatic carbocycles. The minimum atomic E-state index is -0.0837. The fourth-order valence-corrected chi connectivity index (χ4v) is 3.85. The molecule has 3 aromatic rings. The van der Waals surface area contributed by atoms with Crippen LogP contribution in [0.5, 0.6) is 0 Å². The van der Waals surface area contributed by atoms with Crippen LogP contribution in [-0.4, -0.2) is 40.8 Å². The highest BCUT2D eigenvalue weighted by molar-refractivity contribution is 5.73. The van der Waals surface area contributed by atoms with Crippen LogP contribution >= 0.6 is 0 Å². The van der Waals surface area contributed by atoms with E-state index in [2.05, 4.69) is 39.6 Å². The van der Waals surface area contributed by atoms with Crippen molar-refractivity contribution in [2.24, 2.45) is 0 Å². The van der Waals surface area contributed by atoms with Crippen molar-refractivity contribution in [3.05, 3.63) is 78.1 Å². The molecular weight excluding hydrogens is 374 g/mol. The smallest absolute Gasteiger partial charge is 0.317 e. The van der Waals surface area contributed by atoms with Crippen molar-refractivity contribution < 1.29 is 4.79 Å². The van der Waals surface area contributed by atoms with Crippen molar-refractivity contribution in [3.63, 3.8) is 0 Å². The second kappa shape index (κ2) is 9.48. The Labute approximate surface area is 178 Å². The van der Waals surface area contributed by atoms with Crippen LogP contribution in [-0.2, 0) is 13.1 Å². The highest BCUT2D eigenvalue weighted by Gasteiger charge is 2.12. The number of hydrogen-bond donors (Lipinski definition) is 1. The van der Waals surface area contributed by atoms with Gasteiger partial charge in [0.1, 0.15) is 0 Å². The van der Waals surface area contributed by atoms with Crippen molar-refractivity contribution in [2.45, 2.75) is 32.4 Å². The lowest BCUT2D eigenvalue weighted by Crippen LogP contribution is -2.36. The third kappa shape index (κ3) is 5.00. The average Bonchev–Trinajstić information content (AvgIpc) is 3.34. The van der Waals surface area contributed by atoms with Gasteiger partial charge in [-0.25, -0.2) is 9.48 Å². The maximum Gasteiger partial charge on any atom is 0.317 e. The number of amides is 2. The maximum atomic E-state index is 12.5. The number of rotatable bonds is 6. The summed E-state index contributed by atoms with van der Waals surface area (Å²) in [5, 5.41) is 7.26. The molecular formula is C24H29N5O. The maximum absolute atomic E-state index is 12.5. The van der Waals surface area contributed by atoms with E-state index in [1.54, 1.807) is 11.1 Å². The molecule has 0 bridgehead atoms. The van der Waals surface area contributed by atoms with Gasteiger partial charge in [0.15, 0.2) is 0 Å². The zero-order valence-electron chi connectivity index (χ0n) is 17.5. The van der Waals surface area contributed by atoms with E-state index < -0.39 is 0 Å². The molecule has 1 fully saturated rings. The Hall–Kier alpha value is -3.28. The Morgan fingerprint density at radius 1 is 1.00 bits per heavy atom. The molecule has 2 amide bonds. The van der Waals surface area contributed by atoms with Gasteiger partial charge in [-0.05, 0) is 60.7 Å². The summed E-state index contributed by atoms with van der Waals surface area (Å²) in [7, 11) is 1.83. The molecule has 1 aliphatic rings. The van der Waals surface area contributed by atoms with Gasteiger partial charge in [0.05, 0.1) is 5.69 Å². The van der Waals surface area contributed by atoms with Gasteiger partial charge in [-0.15, -0.1) is 0 Å². The Morgan fingerprint density at radius 2 is 1.80 bits per heavy atom. The van der Waals surface area contributed by atoms with Crippen LogP contribution in [0.2, 0.25) is 0 Å². The lowest BCUT2D eigenvalue weighted by Gasteiger charge is -2.29. The first kappa shape index (κ1) is 20.0. The number of piperidine rings is 1. The lowest BCUT2D eigenvalue weighted by molar-refractivity contribution is 0.206. The van der Waals surface area contributed by atoms with Crippen LogP contribution in [0, 0.1) is 0 Å². The van der Waals surface area contributed by atoms with E-state index in [-0.39, 0.29) is 6.03 Å². The third-order valence-electron chi connectivity index (χ3n) is 5.55. The quantitative estimate of drug-likeness (QED) is 0.671. The zero-order valence-corrected chi connectivity index (χ0v) is 17.5. The molecule has 0 atom stereocenters. The molecule has 0 radical (unpaired) electrons. The molecule has 6 heteroatoms. The number of anilines is 1. The summed E-state index contributed by atoms with van der Waals surface area (Å²) in [6.07, 6.45) is 7.54. The van der Waals surface area contributed by atoms with E-state index in [1.807, 2.05) is 48.3 Å². The second-order valence-electron chi connectivity index (χ2n) is 7.85. The predicted octanol–water partition coefficient (Wildman–Crippen LogP) is 4.20. The SMILES string of the molecule is CN(Cc1ccc(N2CCCCC2)cc1)C(=O)NCc1cccc(-n2cccn2)c1. The second-order valence-corrected chi connectivity index (χ2v) is 7.85. The predicted molar refractivity (Wildman–Crippen MR) is 120 cm³/mol. The highest BCUT2D eigenvalue weighted by Crippen LogP contribution is 2.20. The van der Waals surface area contributed by atoms with Gasteiger partial charge in [-0.3, -0.25) is 0 Å². The number of urea groups is 1. The summed E-state index contributed by atoms with van der Waals surface area (Å²) >= 11 is 0. The Balaban J connectivity index is 1.29. The van der Waals surface area contributed by atoms with Crippen LogP contribution in [0.4, 0.5) is 10.5 Å². The van der Waals surface area contributed by atoms with Crippen molar-refractivity contribution >= 4 is 11.7 Å². The molecule has 6 nitrogen and oxygen atoms in total. The van der Waals surface area contributed by atoms with Crippen LogP contribution in [0.15, 0.2) is 67.0 Å². The standard InChI is InChI=1S/C24H29N5O/c1-27(19-20-9-11-22(12-10-20)28-14-3-2-4-15-28)24(30)25-18-21-7-5-8-23(17-21)29-16-6-13-26-29/h5-13,16-17H,2-4,14-15,18-19H2,1H3,(H,25,30). The molecule has 1 N–H and O–H groups in total. The Bertz CT molecular complexity index is 946. The van der Waals surface area contributed by atoms with E-state index in [0.29, 0.717) is 13.1 Å². The summed E-state index contributed by atoms with van der Waals surface area (Å²) in [5.74, 6) is 0. The minimum Gasteiger partial charge on any atom is -0.372 e. The van der Waals surface area contributed by atoms with Gasteiger partial charge in [-0.1, -0.05) is 24.3 Å². The number of hydrogen-bond acceptors (Lipinski definition) is 3. The molecule has 1 aliphatic heterocycles. The van der Waals surface area contributed by atoms with Gasteiger partial charge in [-0.2, -0.15) is 5.10 Å². The zero-order chi connectivity index (χ0) is 20.8. The van der Waals surface area contributed by atoms with Gasteiger partial charge < -0.3 is 15.1 Å². The highest BCUT2D eigenvalue weighted by atomic mass is 16.2. The summed E-state index contributed by atoms with van der Waals surface area (Å²) in [4.78, 5) is 16.7. The minimum absolute atomic E-state index is 0.0837. The lowest BCUT2D eigenvalue weighted by atomic mass is 10.1. The van der Waals surface area contributed by atoms with E-state index in [4.69, 9.17) is 0 Å². The molecule has 1 saturated heterocycles. The Morgan fingerprint density at radius 3 is 2.53 bits per heavy atom. The molecule has 0 saturated carbocycles. The van der Waals surface area contributed by atoms with Crippen molar-refractivity contribution in [1.29, 1.82) is 0 Å². The van der Waals surface area contributed by atoms with Gasteiger partial charge >= 0.3 is 6.03 Å². The first-order valence-corrected chi connectivity index (χ1v) is 10.6. The molecule has 4 rings (SSSR count). The van der Waals surface area contributed by atoms with Crippen LogP contribution in [0.3, 0.4) is 0 Å². The molecule has 0 unspecified atom stereocenters. The largest absolute Gasteiger partial charge is 0.372 e. The average molecular weight is 404 g/mol. The monoisotopic (exact) mass is 403 g/mol. The van der Waals surface area contributed by atoms with Gasteiger partial charge in [0, 0.05) is 51.3 Å². The fraction of sp³-hybridized carbons (Fsp3) is 0.333. The molecule has 2 heterocycles. The number of benzene rings is 2. The van der Waals surface area contributed by atoms with Crippen molar-refractivity contribution in [2.75, 3.05) is 25.0 Å². The number of nitrogens with zero attached hydrogens (tertiary/aromatic N) is 4. The first-order chi connectivity index (χ1) is 14.7. The number of carbonyl (C=O) groups excluding carboxylic acids is 1. The number of carbonyl (C=O) groups is 1. The summed E-state index contributed by atoms with van der Waals surface area (Å²) in [6.45, 7) is 3.35. The Kier molecular flexibility index (Phi) is 6.32. The van der Waals surface area contributed by atoms with Gasteiger partial charge in [0.2, 0.25) is 0 Å². The third-order valence-corrected chi connectivity index (χ3v) is 5.55. The van der Waals surface area contributed by atoms with E-state index in [0.717, 1.165) is 29.9 Å². The topological polar surface area (TPSA) is 53.4 Å². The van der Waals surface area contributed by atoms with Crippen molar-refractivity contribution in [1.82, 2.24) is 20.0 Å². The molecule has 30 heavy (non-hydrogen) atoms. The summed E-state index contributed by atoms with van der Waals surface area (Å²) < 4.78 is 1.81. The molecule has 2 aromatic carbocycles. The van der Waals surface area contributed by atoms with Crippen molar-refractivity contribution in [3.8, 4) is 5.69 Å². The van der Waals surface area contributed by atoms with E-state index >= 15 is 0 Å². The molecule has 156 valence electrons. The normalized spacial score (nSPS) is 13.8. The van der Waals surface area contributed by atoms with Crippen LogP contribution < -0.4 is 10.2 Å².